The van der Waals surface area contributed by atoms with E-state index in [1.54, 1.807) is 23.1 Å². The van der Waals surface area contributed by atoms with Crippen LogP contribution in [0, 0.1) is 10.1 Å². The molecule has 6 nitrogen and oxygen atoms in total. The average Bonchev–Trinajstić information content (AvgIpc) is 2.77. The Morgan fingerprint density at radius 1 is 1.47 bits per heavy atom. The Kier molecular flexibility index (Phi) is 2.95. The van der Waals surface area contributed by atoms with Crippen molar-refractivity contribution in [2.24, 2.45) is 5.73 Å². The maximum atomic E-state index is 11.3. The third kappa shape index (κ3) is 2.06. The van der Waals surface area contributed by atoms with Gasteiger partial charge in [-0.1, -0.05) is 12.1 Å². The van der Waals surface area contributed by atoms with E-state index in [2.05, 4.69) is 0 Å². The number of anilines is 1. The molecular formula is C11H13N3O3. The SMILES string of the molecule is NC(=O)C1CCCN1c1ccccc1[N+](=O)[O-]. The van der Waals surface area contributed by atoms with Crippen LogP contribution < -0.4 is 10.6 Å². The molecule has 2 rings (SSSR count). The molecule has 1 fully saturated rings. The second-order valence-corrected chi connectivity index (χ2v) is 4.00. The normalized spacial score (nSPS) is 19.3. The number of hydrogen-bond acceptors (Lipinski definition) is 4. The Hall–Kier alpha value is -2.11. The summed E-state index contributed by atoms with van der Waals surface area (Å²) in [4.78, 5) is 23.5. The molecule has 1 heterocycles. The Morgan fingerprint density at radius 2 is 2.18 bits per heavy atom. The summed E-state index contributed by atoms with van der Waals surface area (Å²) < 4.78 is 0. The fourth-order valence-electron chi connectivity index (χ4n) is 2.21. The fraction of sp³-hybridized carbons (Fsp3) is 0.364. The number of rotatable bonds is 3. The zero-order valence-corrected chi connectivity index (χ0v) is 9.20. The first-order valence-corrected chi connectivity index (χ1v) is 5.40. The van der Waals surface area contributed by atoms with Crippen LogP contribution in [0.4, 0.5) is 11.4 Å². The third-order valence-corrected chi connectivity index (χ3v) is 2.97. The van der Waals surface area contributed by atoms with Gasteiger partial charge in [-0.3, -0.25) is 14.9 Å². The van der Waals surface area contributed by atoms with Crippen molar-refractivity contribution in [1.82, 2.24) is 0 Å². The topological polar surface area (TPSA) is 89.5 Å². The minimum absolute atomic E-state index is 0.0145. The van der Waals surface area contributed by atoms with E-state index < -0.39 is 16.9 Å². The molecule has 90 valence electrons. The summed E-state index contributed by atoms with van der Waals surface area (Å²) in [6.07, 6.45) is 1.47. The molecule has 1 aromatic carbocycles. The van der Waals surface area contributed by atoms with E-state index in [-0.39, 0.29) is 5.69 Å². The maximum Gasteiger partial charge on any atom is 0.292 e. The lowest BCUT2D eigenvalue weighted by molar-refractivity contribution is -0.384. The van der Waals surface area contributed by atoms with Gasteiger partial charge in [-0.05, 0) is 18.9 Å². The van der Waals surface area contributed by atoms with Gasteiger partial charge in [0.2, 0.25) is 5.91 Å². The predicted molar refractivity (Wildman–Crippen MR) is 62.7 cm³/mol. The van der Waals surface area contributed by atoms with E-state index in [0.29, 0.717) is 18.7 Å². The van der Waals surface area contributed by atoms with Crippen molar-refractivity contribution in [3.05, 3.63) is 34.4 Å². The first-order chi connectivity index (χ1) is 8.11. The van der Waals surface area contributed by atoms with Crippen LogP contribution in [0.5, 0.6) is 0 Å². The van der Waals surface area contributed by atoms with Crippen LogP contribution in [0.1, 0.15) is 12.8 Å². The van der Waals surface area contributed by atoms with Crippen molar-refractivity contribution in [2.45, 2.75) is 18.9 Å². The Bertz CT molecular complexity index is 461. The summed E-state index contributed by atoms with van der Waals surface area (Å²) in [5.74, 6) is -0.430. The second kappa shape index (κ2) is 4.40. The molecule has 0 aromatic heterocycles. The Balaban J connectivity index is 2.39. The smallest absolute Gasteiger partial charge is 0.292 e. The van der Waals surface area contributed by atoms with Crippen molar-refractivity contribution in [2.75, 3.05) is 11.4 Å². The molecule has 0 saturated carbocycles. The zero-order valence-electron chi connectivity index (χ0n) is 9.20. The molecule has 0 spiro atoms. The van der Waals surface area contributed by atoms with Crippen molar-refractivity contribution in [3.8, 4) is 0 Å². The number of hydrogen-bond donors (Lipinski definition) is 1. The highest BCUT2D eigenvalue weighted by Crippen LogP contribution is 2.32. The number of benzene rings is 1. The van der Waals surface area contributed by atoms with Gasteiger partial charge in [0.15, 0.2) is 0 Å². The minimum Gasteiger partial charge on any atom is -0.368 e. The number of nitro groups is 1. The molecule has 1 amide bonds. The predicted octanol–water partition coefficient (Wildman–Crippen LogP) is 1.05. The van der Waals surface area contributed by atoms with Crippen molar-refractivity contribution in [1.29, 1.82) is 0 Å². The van der Waals surface area contributed by atoms with Gasteiger partial charge in [0.05, 0.1) is 4.92 Å². The number of primary amides is 1. The maximum absolute atomic E-state index is 11.3. The van der Waals surface area contributed by atoms with Crippen molar-refractivity contribution >= 4 is 17.3 Å². The van der Waals surface area contributed by atoms with Gasteiger partial charge in [0.1, 0.15) is 11.7 Å². The number of carbonyl (C=O) groups is 1. The van der Waals surface area contributed by atoms with Crippen LogP contribution >= 0.6 is 0 Å². The quantitative estimate of drug-likeness (QED) is 0.626. The molecule has 2 N–H and O–H groups in total. The standard InChI is InChI=1S/C11H13N3O3/c12-11(15)10-6-3-7-13(10)8-4-1-2-5-9(8)14(16)17/h1-2,4-5,10H,3,6-7H2,(H2,12,15). The average molecular weight is 235 g/mol. The van der Waals surface area contributed by atoms with Gasteiger partial charge in [-0.15, -0.1) is 0 Å². The highest BCUT2D eigenvalue weighted by atomic mass is 16.6. The second-order valence-electron chi connectivity index (χ2n) is 4.00. The lowest BCUT2D eigenvalue weighted by Gasteiger charge is -2.23. The van der Waals surface area contributed by atoms with E-state index in [1.807, 2.05) is 0 Å². The van der Waals surface area contributed by atoms with Crippen LogP contribution in [-0.4, -0.2) is 23.4 Å². The van der Waals surface area contributed by atoms with E-state index in [9.17, 15) is 14.9 Å². The minimum atomic E-state index is -0.439. The summed E-state index contributed by atoms with van der Waals surface area (Å²) in [5, 5.41) is 10.9. The molecule has 0 aliphatic carbocycles. The number of nitrogens with two attached hydrogens (primary N) is 1. The largest absolute Gasteiger partial charge is 0.368 e. The van der Waals surface area contributed by atoms with Crippen LogP contribution in [0.25, 0.3) is 0 Å². The lowest BCUT2D eigenvalue weighted by atomic mass is 10.2. The van der Waals surface area contributed by atoms with Crippen LogP contribution in [-0.2, 0) is 4.79 Å². The number of amides is 1. The highest BCUT2D eigenvalue weighted by molar-refractivity contribution is 5.85. The van der Waals surface area contributed by atoms with Gasteiger partial charge in [0, 0.05) is 12.6 Å². The van der Waals surface area contributed by atoms with Crippen LogP contribution in [0.15, 0.2) is 24.3 Å². The molecular weight excluding hydrogens is 222 g/mol. The lowest BCUT2D eigenvalue weighted by Crippen LogP contribution is -2.40. The third-order valence-electron chi connectivity index (χ3n) is 2.97. The summed E-state index contributed by atoms with van der Waals surface area (Å²) in [5.41, 5.74) is 5.79. The molecule has 1 aliphatic rings. The number of carbonyl (C=O) groups excluding carboxylic acids is 1. The number of nitro benzene ring substituents is 1. The van der Waals surface area contributed by atoms with Gasteiger partial charge in [0.25, 0.3) is 5.69 Å². The molecule has 1 unspecified atom stereocenters. The van der Waals surface area contributed by atoms with Crippen LogP contribution in [0.2, 0.25) is 0 Å². The molecule has 6 heteroatoms. The highest BCUT2D eigenvalue weighted by Gasteiger charge is 2.32. The monoisotopic (exact) mass is 235 g/mol. The van der Waals surface area contributed by atoms with Gasteiger partial charge in [-0.2, -0.15) is 0 Å². The Labute approximate surface area is 98.2 Å². The molecule has 1 aliphatic heterocycles. The first kappa shape index (κ1) is 11.4. The van der Waals surface area contributed by atoms with E-state index in [4.69, 9.17) is 5.73 Å². The van der Waals surface area contributed by atoms with Gasteiger partial charge in [-0.25, -0.2) is 0 Å². The summed E-state index contributed by atoms with van der Waals surface area (Å²) in [6, 6.07) is 5.98. The summed E-state index contributed by atoms with van der Waals surface area (Å²) in [7, 11) is 0. The molecule has 1 aromatic rings. The van der Waals surface area contributed by atoms with Crippen molar-refractivity contribution in [3.63, 3.8) is 0 Å². The number of nitrogens with zero attached hydrogens (tertiary/aromatic N) is 2. The number of para-hydroxylation sites is 2. The van der Waals surface area contributed by atoms with Gasteiger partial charge < -0.3 is 10.6 Å². The molecule has 1 saturated heterocycles. The van der Waals surface area contributed by atoms with E-state index in [0.717, 1.165) is 6.42 Å². The molecule has 0 bridgehead atoms. The van der Waals surface area contributed by atoms with Crippen molar-refractivity contribution < 1.29 is 9.72 Å². The van der Waals surface area contributed by atoms with E-state index >= 15 is 0 Å². The fourth-order valence-corrected chi connectivity index (χ4v) is 2.21. The molecule has 0 radical (unpaired) electrons. The molecule has 1 atom stereocenters. The Morgan fingerprint density at radius 3 is 2.82 bits per heavy atom. The first-order valence-electron chi connectivity index (χ1n) is 5.40. The zero-order chi connectivity index (χ0) is 12.4. The van der Waals surface area contributed by atoms with Gasteiger partial charge >= 0.3 is 0 Å². The van der Waals surface area contributed by atoms with Crippen LogP contribution in [0.3, 0.4) is 0 Å². The summed E-state index contributed by atoms with van der Waals surface area (Å²) >= 11 is 0. The van der Waals surface area contributed by atoms with E-state index in [1.165, 1.54) is 6.07 Å². The summed E-state index contributed by atoms with van der Waals surface area (Å²) in [6.45, 7) is 0.623. The molecule has 17 heavy (non-hydrogen) atoms.